The fourth-order valence-electron chi connectivity index (χ4n) is 2.87. The van der Waals surface area contributed by atoms with Gasteiger partial charge < -0.3 is 4.74 Å². The van der Waals surface area contributed by atoms with E-state index in [9.17, 15) is 19.2 Å². The topological polar surface area (TPSA) is 122 Å². The molecule has 3 rings (SSSR count). The number of aryl methyl sites for hydroxylation is 1. The highest BCUT2D eigenvalue weighted by atomic mass is 16.5. The molecule has 0 fully saturated rings. The maximum absolute atomic E-state index is 12.4. The summed E-state index contributed by atoms with van der Waals surface area (Å²) in [7, 11) is 0. The van der Waals surface area contributed by atoms with E-state index < -0.39 is 35.6 Å². The minimum absolute atomic E-state index is 0.202. The van der Waals surface area contributed by atoms with Gasteiger partial charge in [0.1, 0.15) is 12.3 Å². The van der Waals surface area contributed by atoms with Crippen molar-refractivity contribution in [2.75, 3.05) is 0 Å². The number of hydrogen-bond donors (Lipinski definition) is 3. The number of hydrogen-bond acceptors (Lipinski definition) is 5. The van der Waals surface area contributed by atoms with Crippen LogP contribution in [0.4, 0.5) is 0 Å². The average molecular weight is 410 g/mol. The van der Waals surface area contributed by atoms with E-state index in [2.05, 4.69) is 16.0 Å². The van der Waals surface area contributed by atoms with Crippen LogP contribution in [-0.4, -0.2) is 27.7 Å². The van der Waals surface area contributed by atoms with Crippen molar-refractivity contribution in [3.8, 4) is 5.75 Å². The molecule has 9 nitrogen and oxygen atoms in total. The molecule has 156 valence electrons. The van der Waals surface area contributed by atoms with Crippen LogP contribution >= 0.6 is 0 Å². The molecule has 3 aromatic rings. The molecule has 0 unspecified atom stereocenters. The highest BCUT2D eigenvalue weighted by Gasteiger charge is 2.17. The molecule has 0 aliphatic carbocycles. The summed E-state index contributed by atoms with van der Waals surface area (Å²) in [5.74, 6) is -0.678. The molecule has 2 amide bonds. The first-order valence-corrected chi connectivity index (χ1v) is 9.31. The van der Waals surface area contributed by atoms with Crippen LogP contribution in [0, 0.1) is 13.8 Å². The van der Waals surface area contributed by atoms with Crippen LogP contribution in [-0.2, 0) is 16.1 Å². The van der Waals surface area contributed by atoms with Crippen molar-refractivity contribution in [2.45, 2.75) is 33.4 Å². The number of carbonyl (C=O) groups is 2. The number of fused-ring (bicyclic) bond motifs is 1. The van der Waals surface area contributed by atoms with E-state index in [0.717, 1.165) is 15.8 Å². The van der Waals surface area contributed by atoms with Gasteiger partial charge in [-0.05, 0) is 50.1 Å². The first-order chi connectivity index (χ1) is 14.3. The van der Waals surface area contributed by atoms with Gasteiger partial charge in [0.2, 0.25) is 0 Å². The van der Waals surface area contributed by atoms with Gasteiger partial charge in [-0.2, -0.15) is 0 Å². The zero-order valence-corrected chi connectivity index (χ0v) is 16.8. The number of amides is 2. The summed E-state index contributed by atoms with van der Waals surface area (Å²) in [5, 5.41) is 2.80. The predicted molar refractivity (Wildman–Crippen MR) is 111 cm³/mol. The van der Waals surface area contributed by atoms with Gasteiger partial charge in [-0.3, -0.25) is 35.1 Å². The van der Waals surface area contributed by atoms with Crippen molar-refractivity contribution in [1.82, 2.24) is 20.6 Å². The van der Waals surface area contributed by atoms with Gasteiger partial charge in [-0.1, -0.05) is 24.3 Å². The second-order valence-electron chi connectivity index (χ2n) is 6.87. The molecule has 0 saturated heterocycles. The van der Waals surface area contributed by atoms with Gasteiger partial charge in [-0.15, -0.1) is 0 Å². The second-order valence-corrected chi connectivity index (χ2v) is 6.87. The Morgan fingerprint density at radius 2 is 1.73 bits per heavy atom. The number of aromatic amines is 1. The molecular weight excluding hydrogens is 388 g/mol. The Balaban J connectivity index is 1.62. The number of ether oxygens (including phenoxy) is 1. The third-order valence-electron chi connectivity index (χ3n) is 4.74. The number of nitrogens with zero attached hydrogens (tertiary/aromatic N) is 1. The number of carbonyl (C=O) groups excluding carboxylic acids is 2. The molecular formula is C21H22N4O5. The number of benzene rings is 2. The largest absolute Gasteiger partial charge is 0.481 e. The van der Waals surface area contributed by atoms with Gasteiger partial charge in [-0.25, -0.2) is 4.68 Å². The average Bonchev–Trinajstić information content (AvgIpc) is 2.73. The fourth-order valence-corrected chi connectivity index (χ4v) is 2.87. The van der Waals surface area contributed by atoms with E-state index in [1.165, 1.54) is 12.1 Å². The fraction of sp³-hybridized carbons (Fsp3) is 0.238. The smallest absolute Gasteiger partial charge is 0.279 e. The van der Waals surface area contributed by atoms with E-state index in [1.54, 1.807) is 25.1 Å². The van der Waals surface area contributed by atoms with Crippen molar-refractivity contribution < 1.29 is 14.3 Å². The van der Waals surface area contributed by atoms with E-state index in [0.29, 0.717) is 5.75 Å². The van der Waals surface area contributed by atoms with Crippen molar-refractivity contribution in [3.05, 3.63) is 74.3 Å². The minimum atomic E-state index is -0.867. The van der Waals surface area contributed by atoms with Gasteiger partial charge in [0.25, 0.3) is 22.9 Å². The Kier molecular flexibility index (Phi) is 6.01. The summed E-state index contributed by atoms with van der Waals surface area (Å²) in [6, 6.07) is 11.8. The number of H-pyrrole nitrogens is 1. The Morgan fingerprint density at radius 3 is 2.47 bits per heavy atom. The third kappa shape index (κ3) is 4.40. The van der Waals surface area contributed by atoms with Crippen LogP contribution < -0.4 is 26.7 Å². The van der Waals surface area contributed by atoms with E-state index in [1.807, 2.05) is 26.0 Å². The van der Waals surface area contributed by atoms with Gasteiger partial charge in [0.15, 0.2) is 6.10 Å². The molecule has 0 saturated carbocycles. The molecule has 1 aromatic heterocycles. The minimum Gasteiger partial charge on any atom is -0.481 e. The van der Waals surface area contributed by atoms with Gasteiger partial charge in [0.05, 0.1) is 10.8 Å². The third-order valence-corrected chi connectivity index (χ3v) is 4.74. The summed E-state index contributed by atoms with van der Waals surface area (Å²) in [6.45, 7) is 4.91. The summed E-state index contributed by atoms with van der Waals surface area (Å²) >= 11 is 0. The van der Waals surface area contributed by atoms with E-state index in [4.69, 9.17) is 4.74 Å². The normalized spacial score (nSPS) is 11.7. The van der Waals surface area contributed by atoms with Gasteiger partial charge >= 0.3 is 0 Å². The van der Waals surface area contributed by atoms with Crippen LogP contribution in [0.15, 0.2) is 52.1 Å². The van der Waals surface area contributed by atoms with Crippen molar-refractivity contribution >= 4 is 22.6 Å². The van der Waals surface area contributed by atoms with Crippen LogP contribution in [0.2, 0.25) is 0 Å². The molecule has 3 N–H and O–H groups in total. The Labute approximate surface area is 171 Å². The molecule has 1 heterocycles. The van der Waals surface area contributed by atoms with Gasteiger partial charge in [0, 0.05) is 0 Å². The molecule has 0 bridgehead atoms. The SMILES string of the molecule is Cc1cccc(O[C@H](C)C(=O)NNC(=O)Cn2[nH]c(=O)c3ccccc3c2=O)c1C. The molecule has 9 heteroatoms. The number of hydrazine groups is 1. The maximum Gasteiger partial charge on any atom is 0.279 e. The second kappa shape index (κ2) is 8.64. The molecule has 2 aromatic carbocycles. The Morgan fingerprint density at radius 1 is 1.03 bits per heavy atom. The number of aromatic nitrogens is 2. The molecule has 0 aliphatic rings. The van der Waals surface area contributed by atoms with E-state index in [-0.39, 0.29) is 10.8 Å². The Hall–Kier alpha value is -3.88. The number of nitrogens with one attached hydrogen (secondary N) is 3. The zero-order chi connectivity index (χ0) is 21.8. The Bertz CT molecular complexity index is 1230. The molecule has 0 spiro atoms. The number of rotatable bonds is 5. The van der Waals surface area contributed by atoms with Crippen LogP contribution in [0.5, 0.6) is 5.75 Å². The quantitative estimate of drug-likeness (QED) is 0.540. The lowest BCUT2D eigenvalue weighted by atomic mass is 10.1. The first-order valence-electron chi connectivity index (χ1n) is 9.31. The van der Waals surface area contributed by atoms with Crippen LogP contribution in [0.3, 0.4) is 0 Å². The molecule has 30 heavy (non-hydrogen) atoms. The summed E-state index contributed by atoms with van der Waals surface area (Å²) in [6.07, 6.45) is -0.867. The van der Waals surface area contributed by atoms with Crippen LogP contribution in [0.25, 0.3) is 10.8 Å². The monoisotopic (exact) mass is 410 g/mol. The molecule has 0 radical (unpaired) electrons. The van der Waals surface area contributed by atoms with Crippen molar-refractivity contribution in [1.29, 1.82) is 0 Å². The lowest BCUT2D eigenvalue weighted by Crippen LogP contribution is -2.49. The molecule has 0 aliphatic heterocycles. The lowest BCUT2D eigenvalue weighted by molar-refractivity contribution is -0.133. The maximum atomic E-state index is 12.4. The van der Waals surface area contributed by atoms with Crippen LogP contribution in [0.1, 0.15) is 18.1 Å². The summed E-state index contributed by atoms with van der Waals surface area (Å²) < 4.78 is 6.55. The molecule has 1 atom stereocenters. The highest BCUT2D eigenvalue weighted by Crippen LogP contribution is 2.21. The zero-order valence-electron chi connectivity index (χ0n) is 16.8. The van der Waals surface area contributed by atoms with E-state index >= 15 is 0 Å². The standard InChI is InChI=1S/C21H22N4O5/c1-12-7-6-10-17(13(12)2)30-14(3)19(27)23-22-18(26)11-25-21(29)16-9-5-4-8-15(16)20(28)24-25/h4-10,14H,11H2,1-3H3,(H,22,26)(H,23,27)(H,24,28)/t14-/m1/s1. The first kappa shape index (κ1) is 20.8. The summed E-state index contributed by atoms with van der Waals surface area (Å²) in [4.78, 5) is 48.9. The predicted octanol–water partition coefficient (Wildman–Crippen LogP) is 0.922. The lowest BCUT2D eigenvalue weighted by Gasteiger charge is -2.17. The van der Waals surface area contributed by atoms with Crippen molar-refractivity contribution in [2.24, 2.45) is 0 Å². The summed E-state index contributed by atoms with van der Waals surface area (Å²) in [5.41, 5.74) is 5.42. The highest BCUT2D eigenvalue weighted by molar-refractivity contribution is 5.85. The van der Waals surface area contributed by atoms with Crippen molar-refractivity contribution in [3.63, 3.8) is 0 Å².